The topological polar surface area (TPSA) is 25.8 Å². The molecule has 0 radical (unpaired) electrons. The average molecular weight is 225 g/mol. The molecule has 2 atom stereocenters. The van der Waals surface area contributed by atoms with Gasteiger partial charge in [-0.1, -0.05) is 25.4 Å². The molecule has 0 amide bonds. The molecule has 2 nitrogen and oxygen atoms in total. The van der Waals surface area contributed by atoms with Gasteiger partial charge in [-0.15, -0.1) is 0 Å². The Bertz CT molecular complexity index is 351. The molecule has 0 bridgehead atoms. The number of nitrogens with zero attached hydrogens (tertiary/aromatic N) is 2. The summed E-state index contributed by atoms with van der Waals surface area (Å²) in [5.41, 5.74) is 1.06. The van der Waals surface area contributed by atoms with Crippen molar-refractivity contribution in [3.05, 3.63) is 22.7 Å². The normalized spacial score (nSPS) is 25.8. The van der Waals surface area contributed by atoms with Crippen LogP contribution in [0.3, 0.4) is 0 Å². The second-order valence-corrected chi connectivity index (χ2v) is 4.90. The lowest BCUT2D eigenvalue weighted by Crippen LogP contribution is -2.04. The van der Waals surface area contributed by atoms with E-state index in [4.69, 9.17) is 11.6 Å². The zero-order valence-corrected chi connectivity index (χ0v) is 10.1. The molecule has 15 heavy (non-hydrogen) atoms. The van der Waals surface area contributed by atoms with Gasteiger partial charge in [0.1, 0.15) is 11.0 Å². The van der Waals surface area contributed by atoms with E-state index >= 15 is 0 Å². The quantitative estimate of drug-likeness (QED) is 0.718. The van der Waals surface area contributed by atoms with Crippen LogP contribution < -0.4 is 0 Å². The molecule has 2 unspecified atom stereocenters. The third-order valence-electron chi connectivity index (χ3n) is 3.19. The van der Waals surface area contributed by atoms with E-state index in [0.29, 0.717) is 11.1 Å². The number of hydrogen-bond donors (Lipinski definition) is 0. The molecule has 1 aliphatic carbocycles. The Balaban J connectivity index is 2.24. The first-order chi connectivity index (χ1) is 7.19. The number of hydrogen-bond acceptors (Lipinski definition) is 2. The Kier molecular flexibility index (Phi) is 3.25. The highest BCUT2D eigenvalue weighted by Crippen LogP contribution is 2.36. The largest absolute Gasteiger partial charge is 0.238 e. The van der Waals surface area contributed by atoms with Crippen molar-refractivity contribution < 1.29 is 0 Å². The molecule has 2 rings (SSSR count). The van der Waals surface area contributed by atoms with Crippen LogP contribution in [0.15, 0.2) is 6.07 Å². The lowest BCUT2D eigenvalue weighted by atomic mass is 10.1. The van der Waals surface area contributed by atoms with Crippen LogP contribution in [0.25, 0.3) is 0 Å². The highest BCUT2D eigenvalue weighted by atomic mass is 35.5. The van der Waals surface area contributed by atoms with Crippen molar-refractivity contribution in [3.63, 3.8) is 0 Å². The minimum Gasteiger partial charge on any atom is -0.238 e. The molecule has 1 saturated carbocycles. The monoisotopic (exact) mass is 224 g/mol. The number of halogens is 1. The van der Waals surface area contributed by atoms with Gasteiger partial charge in [-0.3, -0.25) is 0 Å². The van der Waals surface area contributed by atoms with Crippen molar-refractivity contribution in [1.82, 2.24) is 9.97 Å². The fraction of sp³-hybridized carbons (Fsp3) is 0.667. The van der Waals surface area contributed by atoms with E-state index in [2.05, 4.69) is 23.8 Å². The molecule has 3 heteroatoms. The van der Waals surface area contributed by atoms with Crippen LogP contribution >= 0.6 is 11.6 Å². The first-order valence-electron chi connectivity index (χ1n) is 5.72. The molecule has 0 N–H and O–H groups in total. The lowest BCUT2D eigenvalue weighted by molar-refractivity contribution is 0.584. The van der Waals surface area contributed by atoms with E-state index in [-0.39, 0.29) is 0 Å². The van der Waals surface area contributed by atoms with Gasteiger partial charge in [0.2, 0.25) is 0 Å². The molecular formula is C12H17ClN2. The Morgan fingerprint density at radius 2 is 2.20 bits per heavy atom. The van der Waals surface area contributed by atoms with Crippen molar-refractivity contribution in [1.29, 1.82) is 0 Å². The summed E-state index contributed by atoms with van der Waals surface area (Å²) in [4.78, 5) is 8.93. The predicted octanol–water partition coefficient (Wildman–Crippen LogP) is 3.60. The summed E-state index contributed by atoms with van der Waals surface area (Å²) < 4.78 is 0. The standard InChI is InChI=1S/C12H17ClN2/c1-3-10-7-11(13)15-12(14-10)9-5-4-8(2)6-9/h7-9H,3-6H2,1-2H3. The van der Waals surface area contributed by atoms with E-state index in [1.807, 2.05) is 6.07 Å². The zero-order valence-electron chi connectivity index (χ0n) is 9.33. The van der Waals surface area contributed by atoms with Gasteiger partial charge in [0.15, 0.2) is 0 Å². The second-order valence-electron chi connectivity index (χ2n) is 4.51. The molecule has 0 spiro atoms. The van der Waals surface area contributed by atoms with Crippen LogP contribution in [0.1, 0.15) is 50.5 Å². The molecule has 1 heterocycles. The van der Waals surface area contributed by atoms with E-state index in [1.165, 1.54) is 19.3 Å². The minimum atomic E-state index is 0.531. The molecule has 0 aromatic carbocycles. The van der Waals surface area contributed by atoms with Crippen LogP contribution in [-0.4, -0.2) is 9.97 Å². The highest BCUT2D eigenvalue weighted by Gasteiger charge is 2.25. The highest BCUT2D eigenvalue weighted by molar-refractivity contribution is 6.29. The van der Waals surface area contributed by atoms with E-state index < -0.39 is 0 Å². The summed E-state index contributed by atoms with van der Waals surface area (Å²) in [6.07, 6.45) is 4.65. The van der Waals surface area contributed by atoms with Crippen molar-refractivity contribution in [2.75, 3.05) is 0 Å². The van der Waals surface area contributed by atoms with E-state index in [9.17, 15) is 0 Å². The van der Waals surface area contributed by atoms with Gasteiger partial charge in [-0.05, 0) is 37.7 Å². The fourth-order valence-corrected chi connectivity index (χ4v) is 2.50. The smallest absolute Gasteiger partial charge is 0.133 e. The second kappa shape index (κ2) is 4.48. The first kappa shape index (κ1) is 10.9. The maximum Gasteiger partial charge on any atom is 0.133 e. The van der Waals surface area contributed by atoms with Gasteiger partial charge in [0, 0.05) is 11.6 Å². The van der Waals surface area contributed by atoms with Gasteiger partial charge in [0.25, 0.3) is 0 Å². The molecule has 1 aromatic heterocycles. The number of aryl methyl sites for hydroxylation is 1. The summed E-state index contributed by atoms with van der Waals surface area (Å²) >= 11 is 5.99. The van der Waals surface area contributed by atoms with Crippen LogP contribution in [0.2, 0.25) is 5.15 Å². The Hall–Kier alpha value is -0.630. The fourth-order valence-electron chi connectivity index (χ4n) is 2.29. The summed E-state index contributed by atoms with van der Waals surface area (Å²) in [6.45, 7) is 4.39. The van der Waals surface area contributed by atoms with Gasteiger partial charge >= 0.3 is 0 Å². The minimum absolute atomic E-state index is 0.531. The van der Waals surface area contributed by atoms with Crippen LogP contribution in [-0.2, 0) is 6.42 Å². The summed E-state index contributed by atoms with van der Waals surface area (Å²) in [5, 5.41) is 0.594. The number of rotatable bonds is 2. The van der Waals surface area contributed by atoms with Gasteiger partial charge < -0.3 is 0 Å². The molecule has 82 valence electrons. The van der Waals surface area contributed by atoms with E-state index in [1.54, 1.807) is 0 Å². The Labute approximate surface area is 96.1 Å². The van der Waals surface area contributed by atoms with Crippen LogP contribution in [0, 0.1) is 5.92 Å². The summed E-state index contributed by atoms with van der Waals surface area (Å²) in [6, 6.07) is 1.86. The van der Waals surface area contributed by atoms with Crippen molar-refractivity contribution >= 4 is 11.6 Å². The Morgan fingerprint density at radius 3 is 2.80 bits per heavy atom. The van der Waals surface area contributed by atoms with Gasteiger partial charge in [-0.2, -0.15) is 0 Å². The van der Waals surface area contributed by atoms with Crippen LogP contribution in [0.4, 0.5) is 0 Å². The summed E-state index contributed by atoms with van der Waals surface area (Å²) in [5.74, 6) is 2.30. The molecule has 0 aliphatic heterocycles. The molecule has 1 fully saturated rings. The predicted molar refractivity (Wildman–Crippen MR) is 62.2 cm³/mol. The Morgan fingerprint density at radius 1 is 1.40 bits per heavy atom. The van der Waals surface area contributed by atoms with Gasteiger partial charge in [0.05, 0.1) is 0 Å². The molecule has 1 aromatic rings. The maximum absolute atomic E-state index is 5.99. The van der Waals surface area contributed by atoms with Crippen LogP contribution in [0.5, 0.6) is 0 Å². The van der Waals surface area contributed by atoms with Crippen molar-refractivity contribution in [2.45, 2.75) is 45.4 Å². The number of aromatic nitrogens is 2. The van der Waals surface area contributed by atoms with Crippen molar-refractivity contribution in [3.8, 4) is 0 Å². The SMILES string of the molecule is CCc1cc(Cl)nc(C2CCC(C)C2)n1. The first-order valence-corrected chi connectivity index (χ1v) is 6.10. The molecule has 1 aliphatic rings. The average Bonchev–Trinajstić information content (AvgIpc) is 2.64. The summed E-state index contributed by atoms with van der Waals surface area (Å²) in [7, 11) is 0. The van der Waals surface area contributed by atoms with Gasteiger partial charge in [-0.25, -0.2) is 9.97 Å². The molecule has 0 saturated heterocycles. The third-order valence-corrected chi connectivity index (χ3v) is 3.38. The lowest BCUT2D eigenvalue weighted by Gasteiger charge is -2.09. The van der Waals surface area contributed by atoms with E-state index in [0.717, 1.165) is 23.9 Å². The third kappa shape index (κ3) is 2.49. The molecular weight excluding hydrogens is 208 g/mol. The van der Waals surface area contributed by atoms with Crippen molar-refractivity contribution in [2.24, 2.45) is 5.92 Å². The maximum atomic E-state index is 5.99. The zero-order chi connectivity index (χ0) is 10.8.